The van der Waals surface area contributed by atoms with E-state index in [1.54, 1.807) is 4.90 Å². The van der Waals surface area contributed by atoms with E-state index in [1.165, 1.54) is 0 Å². The SMILES string of the molecule is CCCC(=O)N(c1c(C)cccc1C)C1COC(=O)C1. The van der Waals surface area contributed by atoms with Crippen molar-refractivity contribution in [2.45, 2.75) is 46.1 Å². The van der Waals surface area contributed by atoms with E-state index in [0.29, 0.717) is 13.0 Å². The molecule has 1 aromatic carbocycles. The summed E-state index contributed by atoms with van der Waals surface area (Å²) in [5.74, 6) is -0.163. The number of esters is 1. The minimum atomic E-state index is -0.226. The lowest BCUT2D eigenvalue weighted by molar-refractivity contribution is -0.138. The lowest BCUT2D eigenvalue weighted by Gasteiger charge is -2.30. The summed E-state index contributed by atoms with van der Waals surface area (Å²) in [6.07, 6.45) is 1.56. The fourth-order valence-electron chi connectivity index (χ4n) is 2.70. The molecule has 0 spiro atoms. The van der Waals surface area contributed by atoms with E-state index in [2.05, 4.69) is 0 Å². The standard InChI is InChI=1S/C16H21NO3/c1-4-6-14(18)17(13-9-15(19)20-10-13)16-11(2)7-5-8-12(16)3/h5,7-8,13H,4,6,9-10H2,1-3H3. The first-order chi connectivity index (χ1) is 9.54. The molecule has 1 atom stereocenters. The monoisotopic (exact) mass is 275 g/mol. The predicted molar refractivity (Wildman–Crippen MR) is 77.7 cm³/mol. The zero-order valence-corrected chi connectivity index (χ0v) is 12.3. The fraction of sp³-hybridized carbons (Fsp3) is 0.500. The third-order valence-corrected chi connectivity index (χ3v) is 3.62. The Morgan fingerprint density at radius 2 is 2.00 bits per heavy atom. The first-order valence-corrected chi connectivity index (χ1v) is 7.08. The second-order valence-corrected chi connectivity index (χ2v) is 5.30. The summed E-state index contributed by atoms with van der Waals surface area (Å²) in [5, 5.41) is 0. The minimum absolute atomic E-state index is 0.0631. The van der Waals surface area contributed by atoms with Crippen LogP contribution >= 0.6 is 0 Å². The Morgan fingerprint density at radius 3 is 2.50 bits per heavy atom. The first-order valence-electron chi connectivity index (χ1n) is 7.08. The summed E-state index contributed by atoms with van der Waals surface area (Å²) < 4.78 is 5.04. The van der Waals surface area contributed by atoms with Crippen LogP contribution in [0.2, 0.25) is 0 Å². The van der Waals surface area contributed by atoms with Gasteiger partial charge in [0.15, 0.2) is 0 Å². The van der Waals surface area contributed by atoms with Gasteiger partial charge in [-0.3, -0.25) is 9.59 Å². The summed E-state index contributed by atoms with van der Waals surface area (Å²) in [5.41, 5.74) is 3.02. The van der Waals surface area contributed by atoms with Gasteiger partial charge < -0.3 is 9.64 Å². The van der Waals surface area contributed by atoms with Crippen molar-refractivity contribution < 1.29 is 14.3 Å². The van der Waals surface area contributed by atoms with Crippen LogP contribution in [0.25, 0.3) is 0 Å². The van der Waals surface area contributed by atoms with Gasteiger partial charge >= 0.3 is 5.97 Å². The number of rotatable bonds is 4. The zero-order valence-electron chi connectivity index (χ0n) is 12.3. The van der Waals surface area contributed by atoms with Crippen molar-refractivity contribution in [1.82, 2.24) is 0 Å². The predicted octanol–water partition coefficient (Wildman–Crippen LogP) is 2.75. The van der Waals surface area contributed by atoms with E-state index in [1.807, 2.05) is 39.0 Å². The van der Waals surface area contributed by atoms with Crippen LogP contribution in [0.5, 0.6) is 0 Å². The molecule has 1 aliphatic rings. The molecular weight excluding hydrogens is 254 g/mol. The minimum Gasteiger partial charge on any atom is -0.463 e. The Morgan fingerprint density at radius 1 is 1.35 bits per heavy atom. The number of hydrogen-bond donors (Lipinski definition) is 0. The number of cyclic esters (lactones) is 1. The Hall–Kier alpha value is -1.84. The first kappa shape index (κ1) is 14.6. The van der Waals surface area contributed by atoms with Crippen LogP contribution in [0.1, 0.15) is 37.3 Å². The van der Waals surface area contributed by atoms with Crippen molar-refractivity contribution in [1.29, 1.82) is 0 Å². The van der Waals surface area contributed by atoms with Crippen LogP contribution in [-0.4, -0.2) is 24.5 Å². The van der Waals surface area contributed by atoms with Gasteiger partial charge in [-0.1, -0.05) is 25.1 Å². The molecule has 4 heteroatoms. The smallest absolute Gasteiger partial charge is 0.308 e. The number of anilines is 1. The lowest BCUT2D eigenvalue weighted by atomic mass is 10.0. The molecule has 1 amide bonds. The van der Waals surface area contributed by atoms with Crippen LogP contribution in [0.3, 0.4) is 0 Å². The molecular formula is C16H21NO3. The zero-order chi connectivity index (χ0) is 14.7. The van der Waals surface area contributed by atoms with Crippen molar-refractivity contribution in [2.75, 3.05) is 11.5 Å². The number of benzene rings is 1. The van der Waals surface area contributed by atoms with E-state index in [9.17, 15) is 9.59 Å². The molecule has 2 rings (SSSR count). The molecule has 0 radical (unpaired) electrons. The molecule has 4 nitrogen and oxygen atoms in total. The van der Waals surface area contributed by atoms with Gasteiger partial charge in [0.05, 0.1) is 12.5 Å². The Labute approximate surface area is 119 Å². The van der Waals surface area contributed by atoms with Gasteiger partial charge in [0.25, 0.3) is 0 Å². The maximum atomic E-state index is 12.5. The number of para-hydroxylation sites is 1. The largest absolute Gasteiger partial charge is 0.463 e. The third kappa shape index (κ3) is 2.84. The van der Waals surface area contributed by atoms with Crippen LogP contribution < -0.4 is 4.90 Å². The van der Waals surface area contributed by atoms with E-state index in [0.717, 1.165) is 23.2 Å². The van der Waals surface area contributed by atoms with Crippen molar-refractivity contribution in [2.24, 2.45) is 0 Å². The molecule has 0 saturated carbocycles. The van der Waals surface area contributed by atoms with Crippen molar-refractivity contribution in [3.05, 3.63) is 29.3 Å². The molecule has 108 valence electrons. The molecule has 1 aromatic rings. The van der Waals surface area contributed by atoms with Crippen LogP contribution in [0.15, 0.2) is 18.2 Å². The van der Waals surface area contributed by atoms with Gasteiger partial charge in [-0.05, 0) is 31.4 Å². The van der Waals surface area contributed by atoms with E-state index in [4.69, 9.17) is 4.74 Å². The topological polar surface area (TPSA) is 46.6 Å². The third-order valence-electron chi connectivity index (χ3n) is 3.62. The summed E-state index contributed by atoms with van der Waals surface area (Å²) in [4.78, 5) is 25.7. The van der Waals surface area contributed by atoms with Crippen LogP contribution in [0, 0.1) is 13.8 Å². The number of aryl methyl sites for hydroxylation is 2. The van der Waals surface area contributed by atoms with Gasteiger partial charge in [0, 0.05) is 12.1 Å². The molecule has 0 N–H and O–H groups in total. The molecule has 0 aromatic heterocycles. The number of ether oxygens (including phenoxy) is 1. The molecule has 1 heterocycles. The Bertz CT molecular complexity index is 504. The number of amides is 1. The van der Waals surface area contributed by atoms with Crippen molar-refractivity contribution in [3.63, 3.8) is 0 Å². The highest BCUT2D eigenvalue weighted by molar-refractivity contribution is 5.96. The fourth-order valence-corrected chi connectivity index (χ4v) is 2.70. The van der Waals surface area contributed by atoms with Gasteiger partial charge in [0.2, 0.25) is 5.91 Å². The van der Waals surface area contributed by atoms with Crippen LogP contribution in [-0.2, 0) is 14.3 Å². The summed E-state index contributed by atoms with van der Waals surface area (Å²) in [6, 6.07) is 5.78. The average Bonchev–Trinajstić information content (AvgIpc) is 2.80. The molecule has 0 bridgehead atoms. The van der Waals surface area contributed by atoms with E-state index >= 15 is 0 Å². The Balaban J connectivity index is 2.40. The van der Waals surface area contributed by atoms with Gasteiger partial charge in [0.1, 0.15) is 6.61 Å². The normalized spacial score (nSPS) is 17.9. The molecule has 1 aliphatic heterocycles. The van der Waals surface area contributed by atoms with Gasteiger partial charge in [-0.2, -0.15) is 0 Å². The maximum Gasteiger partial charge on any atom is 0.308 e. The maximum absolute atomic E-state index is 12.5. The second-order valence-electron chi connectivity index (χ2n) is 5.30. The Kier molecular flexibility index (Phi) is 4.42. The molecule has 1 unspecified atom stereocenters. The van der Waals surface area contributed by atoms with Gasteiger partial charge in [-0.15, -0.1) is 0 Å². The molecule has 1 saturated heterocycles. The summed E-state index contributed by atoms with van der Waals surface area (Å²) >= 11 is 0. The number of nitrogens with zero attached hydrogens (tertiary/aromatic N) is 1. The number of carbonyl (C=O) groups is 2. The van der Waals surface area contributed by atoms with Crippen molar-refractivity contribution in [3.8, 4) is 0 Å². The highest BCUT2D eigenvalue weighted by Crippen LogP contribution is 2.30. The number of carbonyl (C=O) groups excluding carboxylic acids is 2. The summed E-state index contributed by atoms with van der Waals surface area (Å²) in [7, 11) is 0. The van der Waals surface area contributed by atoms with E-state index in [-0.39, 0.29) is 24.3 Å². The molecule has 0 aliphatic carbocycles. The quantitative estimate of drug-likeness (QED) is 0.794. The highest BCUT2D eigenvalue weighted by atomic mass is 16.5. The highest BCUT2D eigenvalue weighted by Gasteiger charge is 2.34. The lowest BCUT2D eigenvalue weighted by Crippen LogP contribution is -2.41. The second kappa shape index (κ2) is 6.07. The van der Waals surface area contributed by atoms with Crippen molar-refractivity contribution >= 4 is 17.6 Å². The van der Waals surface area contributed by atoms with Gasteiger partial charge in [-0.25, -0.2) is 0 Å². The van der Waals surface area contributed by atoms with Crippen LogP contribution in [0.4, 0.5) is 5.69 Å². The summed E-state index contributed by atoms with van der Waals surface area (Å²) in [6.45, 7) is 6.26. The molecule has 1 fully saturated rings. The average molecular weight is 275 g/mol. The number of hydrogen-bond acceptors (Lipinski definition) is 3. The van der Waals surface area contributed by atoms with E-state index < -0.39 is 0 Å². The molecule has 20 heavy (non-hydrogen) atoms.